The van der Waals surface area contributed by atoms with E-state index in [-0.39, 0.29) is 18.3 Å². The second-order valence-electron chi connectivity index (χ2n) is 9.24. The highest BCUT2D eigenvalue weighted by molar-refractivity contribution is 5.98. The Morgan fingerprint density at radius 3 is 2.71 bits per heavy atom. The van der Waals surface area contributed by atoms with Gasteiger partial charge in [0.15, 0.2) is 5.78 Å². The van der Waals surface area contributed by atoms with E-state index in [9.17, 15) is 4.79 Å². The number of pyridine rings is 1. The van der Waals surface area contributed by atoms with E-state index in [1.54, 1.807) is 0 Å². The van der Waals surface area contributed by atoms with E-state index in [2.05, 4.69) is 53.6 Å². The third-order valence-corrected chi connectivity index (χ3v) is 6.33. The Labute approximate surface area is 200 Å². The fourth-order valence-electron chi connectivity index (χ4n) is 4.35. The minimum atomic E-state index is 0.0389. The molecule has 0 saturated carbocycles. The first-order valence-electron chi connectivity index (χ1n) is 12.0. The molecule has 34 heavy (non-hydrogen) atoms. The fraction of sp³-hybridized carbons (Fsp3) is 0.321. The van der Waals surface area contributed by atoms with Gasteiger partial charge in [-0.3, -0.25) is 14.5 Å². The Balaban J connectivity index is 1.33. The maximum Gasteiger partial charge on any atom is 0.168 e. The van der Waals surface area contributed by atoms with E-state index in [1.165, 1.54) is 0 Å². The van der Waals surface area contributed by atoms with Crippen molar-refractivity contribution in [2.45, 2.75) is 45.3 Å². The number of carbonyl (C=O) groups excluding carboxylic acids is 1. The first-order valence-corrected chi connectivity index (χ1v) is 12.0. The number of benzene rings is 2. The summed E-state index contributed by atoms with van der Waals surface area (Å²) in [5.41, 5.74) is 3.60. The van der Waals surface area contributed by atoms with Gasteiger partial charge in [0, 0.05) is 40.6 Å². The lowest BCUT2D eigenvalue weighted by Gasteiger charge is -2.24. The number of ether oxygens (including phenoxy) is 1. The summed E-state index contributed by atoms with van der Waals surface area (Å²) in [5.74, 6) is 0.799. The minimum absolute atomic E-state index is 0.0389. The van der Waals surface area contributed by atoms with Gasteiger partial charge in [-0.05, 0) is 75.0 Å². The van der Waals surface area contributed by atoms with E-state index in [0.29, 0.717) is 11.6 Å². The monoisotopic (exact) mass is 454 g/mol. The molecule has 1 fully saturated rings. The van der Waals surface area contributed by atoms with Crippen molar-refractivity contribution in [3.05, 3.63) is 78.4 Å². The lowest BCUT2D eigenvalue weighted by molar-refractivity contribution is 0.0990. The molecule has 2 aromatic heterocycles. The molecule has 1 aliphatic heterocycles. The van der Waals surface area contributed by atoms with Gasteiger partial charge in [-0.2, -0.15) is 5.10 Å². The molecule has 3 heterocycles. The summed E-state index contributed by atoms with van der Waals surface area (Å²) in [6.07, 6.45) is 8.23. The molecule has 174 valence electrons. The van der Waals surface area contributed by atoms with Gasteiger partial charge in [0.25, 0.3) is 0 Å². The highest BCUT2D eigenvalue weighted by Crippen LogP contribution is 2.26. The Morgan fingerprint density at radius 1 is 1.06 bits per heavy atom. The topological polar surface area (TPSA) is 69.0 Å². The van der Waals surface area contributed by atoms with Crippen molar-refractivity contribution in [2.75, 3.05) is 13.1 Å². The van der Waals surface area contributed by atoms with Gasteiger partial charge in [0.2, 0.25) is 0 Å². The lowest BCUT2D eigenvalue weighted by atomic mass is 10.0. The Morgan fingerprint density at radius 2 is 1.91 bits per heavy atom. The summed E-state index contributed by atoms with van der Waals surface area (Å²) in [4.78, 5) is 17.6. The summed E-state index contributed by atoms with van der Waals surface area (Å²) in [7, 11) is 0. The van der Waals surface area contributed by atoms with Gasteiger partial charge in [0.1, 0.15) is 11.9 Å². The molecule has 0 bridgehead atoms. The second-order valence-corrected chi connectivity index (χ2v) is 9.24. The Hall–Kier alpha value is -3.51. The van der Waals surface area contributed by atoms with Gasteiger partial charge in [-0.15, -0.1) is 0 Å². The summed E-state index contributed by atoms with van der Waals surface area (Å²) < 4.78 is 8.07. The molecule has 1 aliphatic rings. The van der Waals surface area contributed by atoms with Crippen LogP contribution in [0, 0.1) is 0 Å². The largest absolute Gasteiger partial charge is 0.490 e. The zero-order chi connectivity index (χ0) is 23.5. The number of piperidine rings is 1. The first kappa shape index (κ1) is 22.3. The number of nitrogens with zero attached hydrogens (tertiary/aromatic N) is 3. The van der Waals surface area contributed by atoms with Crippen LogP contribution < -0.4 is 10.1 Å². The predicted octanol–water partition coefficient (Wildman–Crippen LogP) is 5.24. The van der Waals surface area contributed by atoms with E-state index < -0.39 is 0 Å². The molecule has 4 aromatic rings. The van der Waals surface area contributed by atoms with Crippen LogP contribution in [-0.2, 0) is 6.42 Å². The molecule has 6 heteroatoms. The molecule has 5 rings (SSSR count). The SMILES string of the molecule is CC(C)n1cc(-c2ccc3cnc(CC(=O)c4cccc(OC5CCNCC5)c4)cc3c2)cn1. The van der Waals surface area contributed by atoms with Gasteiger partial charge >= 0.3 is 0 Å². The van der Waals surface area contributed by atoms with Crippen LogP contribution in [-0.4, -0.2) is 39.7 Å². The highest BCUT2D eigenvalue weighted by Gasteiger charge is 2.16. The zero-order valence-corrected chi connectivity index (χ0v) is 19.7. The van der Waals surface area contributed by atoms with Crippen LogP contribution in [0.15, 0.2) is 67.1 Å². The minimum Gasteiger partial charge on any atom is -0.490 e. The van der Waals surface area contributed by atoms with Crippen molar-refractivity contribution in [1.82, 2.24) is 20.1 Å². The molecule has 0 radical (unpaired) electrons. The van der Waals surface area contributed by atoms with E-state index in [4.69, 9.17) is 4.74 Å². The molecule has 0 atom stereocenters. The van der Waals surface area contributed by atoms with E-state index >= 15 is 0 Å². The number of hydrogen-bond donors (Lipinski definition) is 1. The van der Waals surface area contributed by atoms with Crippen molar-refractivity contribution in [1.29, 1.82) is 0 Å². The second kappa shape index (κ2) is 9.77. The van der Waals surface area contributed by atoms with Crippen molar-refractivity contribution in [3.63, 3.8) is 0 Å². The average molecular weight is 455 g/mol. The van der Waals surface area contributed by atoms with Crippen LogP contribution in [0.4, 0.5) is 0 Å². The molecule has 1 saturated heterocycles. The van der Waals surface area contributed by atoms with Gasteiger partial charge in [0.05, 0.1) is 12.6 Å². The van der Waals surface area contributed by atoms with Crippen molar-refractivity contribution in [3.8, 4) is 16.9 Å². The number of aromatic nitrogens is 3. The number of carbonyl (C=O) groups is 1. The molecule has 0 unspecified atom stereocenters. The number of hydrogen-bond acceptors (Lipinski definition) is 5. The van der Waals surface area contributed by atoms with Crippen LogP contribution in [0.5, 0.6) is 5.75 Å². The Bertz CT molecular complexity index is 1300. The van der Waals surface area contributed by atoms with E-state index in [0.717, 1.165) is 59.3 Å². The van der Waals surface area contributed by atoms with Crippen LogP contribution in [0.3, 0.4) is 0 Å². The molecule has 1 N–H and O–H groups in total. The standard InChI is InChI=1S/C28H30N4O2/c1-19(2)32-18-24(17-31-32)20-6-7-22-16-30-25(13-23(22)12-20)15-28(33)21-4-3-5-27(14-21)34-26-8-10-29-11-9-26/h3-7,12-14,16-19,26,29H,8-11,15H2,1-2H3. The highest BCUT2D eigenvalue weighted by atomic mass is 16.5. The molecular formula is C28H30N4O2. The Kier molecular flexibility index (Phi) is 6.41. The molecule has 6 nitrogen and oxygen atoms in total. The van der Waals surface area contributed by atoms with Crippen molar-refractivity contribution >= 4 is 16.6 Å². The maximum atomic E-state index is 13.0. The van der Waals surface area contributed by atoms with Gasteiger partial charge in [-0.25, -0.2) is 0 Å². The third-order valence-electron chi connectivity index (χ3n) is 6.33. The number of fused-ring (bicyclic) bond motifs is 1. The van der Waals surface area contributed by atoms with E-state index in [1.807, 2.05) is 47.4 Å². The van der Waals surface area contributed by atoms with Crippen molar-refractivity contribution in [2.24, 2.45) is 0 Å². The summed E-state index contributed by atoms with van der Waals surface area (Å²) >= 11 is 0. The molecular weight excluding hydrogens is 424 g/mol. The number of Topliss-reactive ketones (excluding diaryl/α,β-unsaturated/α-hetero) is 1. The molecule has 0 amide bonds. The lowest BCUT2D eigenvalue weighted by Crippen LogP contribution is -2.34. The summed E-state index contributed by atoms with van der Waals surface area (Å²) in [6, 6.07) is 16.1. The quantitative estimate of drug-likeness (QED) is 0.387. The molecule has 2 aromatic carbocycles. The van der Waals surface area contributed by atoms with Crippen LogP contribution in [0.1, 0.15) is 48.8 Å². The number of nitrogens with one attached hydrogen (secondary N) is 1. The smallest absolute Gasteiger partial charge is 0.168 e. The van der Waals surface area contributed by atoms with Crippen LogP contribution in [0.2, 0.25) is 0 Å². The van der Waals surface area contributed by atoms with Crippen LogP contribution in [0.25, 0.3) is 21.9 Å². The summed E-state index contributed by atoms with van der Waals surface area (Å²) in [6.45, 7) is 6.17. The first-order chi connectivity index (χ1) is 16.5. The predicted molar refractivity (Wildman–Crippen MR) is 134 cm³/mol. The fourth-order valence-corrected chi connectivity index (χ4v) is 4.35. The molecule has 0 aliphatic carbocycles. The van der Waals surface area contributed by atoms with Gasteiger partial charge in [-0.1, -0.05) is 24.3 Å². The zero-order valence-electron chi connectivity index (χ0n) is 19.7. The average Bonchev–Trinajstić information content (AvgIpc) is 3.35. The normalized spacial score (nSPS) is 14.6. The van der Waals surface area contributed by atoms with Crippen LogP contribution >= 0.6 is 0 Å². The maximum absolute atomic E-state index is 13.0. The van der Waals surface area contributed by atoms with Crippen molar-refractivity contribution < 1.29 is 9.53 Å². The van der Waals surface area contributed by atoms with Gasteiger partial charge < -0.3 is 10.1 Å². The third kappa shape index (κ3) is 5.02. The number of ketones is 1. The number of rotatable bonds is 7. The molecule has 0 spiro atoms. The summed E-state index contributed by atoms with van der Waals surface area (Å²) in [5, 5.41) is 9.91.